The minimum atomic E-state index is -0.0445. The van der Waals surface area contributed by atoms with E-state index in [1.54, 1.807) is 36.9 Å². The highest BCUT2D eigenvalue weighted by molar-refractivity contribution is 5.96. The van der Waals surface area contributed by atoms with Gasteiger partial charge in [0.15, 0.2) is 5.82 Å². The monoisotopic (exact) mass is 433 g/mol. The molecule has 0 spiro atoms. The molecule has 1 saturated heterocycles. The number of ether oxygens (including phenoxy) is 1. The molecule has 0 N–H and O–H groups in total. The number of likely N-dealkylation sites (tertiary alicyclic amines) is 1. The summed E-state index contributed by atoms with van der Waals surface area (Å²) in [4.78, 5) is 39.0. The fourth-order valence-electron chi connectivity index (χ4n) is 3.77. The van der Waals surface area contributed by atoms with Gasteiger partial charge in [0.05, 0.1) is 12.8 Å². The predicted octanol–water partition coefficient (Wildman–Crippen LogP) is 2.81. The first-order valence-corrected chi connectivity index (χ1v) is 10.8. The van der Waals surface area contributed by atoms with Crippen molar-refractivity contribution in [2.75, 3.05) is 38.7 Å². The van der Waals surface area contributed by atoms with E-state index in [1.165, 1.54) is 0 Å². The van der Waals surface area contributed by atoms with Gasteiger partial charge >= 0.3 is 0 Å². The molecule has 0 radical (unpaired) electrons. The van der Waals surface area contributed by atoms with E-state index in [0.29, 0.717) is 42.7 Å². The van der Waals surface area contributed by atoms with E-state index in [4.69, 9.17) is 9.72 Å². The molecule has 0 bridgehead atoms. The highest BCUT2D eigenvalue weighted by Gasteiger charge is 2.28. The largest absolute Gasteiger partial charge is 0.477 e. The van der Waals surface area contributed by atoms with Crippen LogP contribution in [0.2, 0.25) is 0 Å². The summed E-state index contributed by atoms with van der Waals surface area (Å²) in [6, 6.07) is 5.56. The van der Waals surface area contributed by atoms with Crippen LogP contribution in [-0.2, 0) is 0 Å². The van der Waals surface area contributed by atoms with Crippen molar-refractivity contribution in [2.45, 2.75) is 25.7 Å². The van der Waals surface area contributed by atoms with Crippen molar-refractivity contribution in [3.8, 4) is 17.4 Å². The van der Waals surface area contributed by atoms with E-state index < -0.39 is 0 Å². The molecule has 0 atom stereocenters. The first-order chi connectivity index (χ1) is 15.6. The van der Waals surface area contributed by atoms with Gasteiger partial charge in [0.2, 0.25) is 5.88 Å². The highest BCUT2D eigenvalue weighted by Crippen LogP contribution is 2.31. The van der Waals surface area contributed by atoms with Crippen molar-refractivity contribution in [2.24, 2.45) is 0 Å². The molecule has 4 heterocycles. The van der Waals surface area contributed by atoms with Gasteiger partial charge in [0.1, 0.15) is 17.1 Å². The van der Waals surface area contributed by atoms with Gasteiger partial charge in [-0.05, 0) is 31.9 Å². The van der Waals surface area contributed by atoms with Gasteiger partial charge in [-0.25, -0.2) is 19.9 Å². The van der Waals surface area contributed by atoms with E-state index in [9.17, 15) is 4.79 Å². The average Bonchev–Trinajstić information content (AvgIpc) is 2.84. The standard InChI is InChI=1S/C23H27N7O2/c1-4-32-22-17(6-5-9-26-22)23(31)30-12-7-16(8-13-30)18-14-20(29(2)3)28-21(27-18)19-15-24-10-11-25-19/h5-6,9-11,14-16H,4,7-8,12-13H2,1-3H3. The minimum Gasteiger partial charge on any atom is -0.477 e. The topological polar surface area (TPSA) is 97.2 Å². The van der Waals surface area contributed by atoms with Gasteiger partial charge in [-0.1, -0.05) is 0 Å². The van der Waals surface area contributed by atoms with Gasteiger partial charge < -0.3 is 14.5 Å². The van der Waals surface area contributed by atoms with Crippen LogP contribution in [0.15, 0.2) is 43.0 Å². The van der Waals surface area contributed by atoms with Crippen LogP contribution in [0.25, 0.3) is 11.5 Å². The Hall–Kier alpha value is -3.62. The molecule has 4 rings (SSSR count). The summed E-state index contributed by atoms with van der Waals surface area (Å²) in [6.07, 6.45) is 8.22. The Morgan fingerprint density at radius 3 is 2.66 bits per heavy atom. The van der Waals surface area contributed by atoms with Gasteiger partial charge in [-0.15, -0.1) is 0 Å². The number of carbonyl (C=O) groups excluding carboxylic acids is 1. The van der Waals surface area contributed by atoms with Crippen molar-refractivity contribution in [3.05, 3.63) is 54.2 Å². The summed E-state index contributed by atoms with van der Waals surface area (Å²) in [5, 5.41) is 0. The quantitative estimate of drug-likeness (QED) is 0.585. The average molecular weight is 434 g/mol. The SMILES string of the molecule is CCOc1ncccc1C(=O)N1CCC(c2cc(N(C)C)nc(-c3cnccn3)n2)CC1. The maximum Gasteiger partial charge on any atom is 0.259 e. The molecular formula is C23H27N7O2. The van der Waals surface area contributed by atoms with Crippen LogP contribution in [0.3, 0.4) is 0 Å². The zero-order valence-corrected chi connectivity index (χ0v) is 18.6. The van der Waals surface area contributed by atoms with Crippen molar-refractivity contribution in [1.82, 2.24) is 29.8 Å². The molecule has 9 nitrogen and oxygen atoms in total. The third-order valence-electron chi connectivity index (χ3n) is 5.47. The molecule has 0 aromatic carbocycles. The molecule has 1 aliphatic heterocycles. The fourth-order valence-corrected chi connectivity index (χ4v) is 3.77. The molecule has 9 heteroatoms. The normalized spacial score (nSPS) is 14.3. The number of hydrogen-bond donors (Lipinski definition) is 0. The van der Waals surface area contributed by atoms with Crippen LogP contribution in [0.1, 0.15) is 41.7 Å². The lowest BCUT2D eigenvalue weighted by atomic mass is 9.92. The number of carbonyl (C=O) groups is 1. The van der Waals surface area contributed by atoms with Crippen LogP contribution in [0.5, 0.6) is 5.88 Å². The zero-order valence-electron chi connectivity index (χ0n) is 18.6. The lowest BCUT2D eigenvalue weighted by Crippen LogP contribution is -2.38. The third kappa shape index (κ3) is 4.66. The number of aromatic nitrogens is 5. The summed E-state index contributed by atoms with van der Waals surface area (Å²) in [7, 11) is 3.91. The van der Waals surface area contributed by atoms with E-state index in [0.717, 1.165) is 24.4 Å². The van der Waals surface area contributed by atoms with Gasteiger partial charge in [0.25, 0.3) is 5.91 Å². The molecule has 3 aromatic rings. The Labute approximate surface area is 187 Å². The molecule has 3 aromatic heterocycles. The van der Waals surface area contributed by atoms with Crippen molar-refractivity contribution in [1.29, 1.82) is 0 Å². The summed E-state index contributed by atoms with van der Waals surface area (Å²) in [6.45, 7) is 3.64. The molecule has 1 fully saturated rings. The Morgan fingerprint density at radius 2 is 1.97 bits per heavy atom. The second kappa shape index (κ2) is 9.67. The molecule has 32 heavy (non-hydrogen) atoms. The predicted molar refractivity (Wildman–Crippen MR) is 121 cm³/mol. The first kappa shape index (κ1) is 21.6. The molecule has 1 aliphatic rings. The Bertz CT molecular complexity index is 1070. The number of nitrogens with zero attached hydrogens (tertiary/aromatic N) is 7. The van der Waals surface area contributed by atoms with Gasteiger partial charge in [0, 0.05) is 63.5 Å². The minimum absolute atomic E-state index is 0.0445. The van der Waals surface area contributed by atoms with Crippen molar-refractivity contribution < 1.29 is 9.53 Å². The molecule has 0 saturated carbocycles. The van der Waals surface area contributed by atoms with E-state index >= 15 is 0 Å². The smallest absolute Gasteiger partial charge is 0.259 e. The Kier molecular flexibility index (Phi) is 6.53. The Morgan fingerprint density at radius 1 is 1.16 bits per heavy atom. The van der Waals surface area contributed by atoms with E-state index in [1.807, 2.05) is 36.9 Å². The molecule has 0 unspecified atom stereocenters. The zero-order chi connectivity index (χ0) is 22.5. The maximum absolute atomic E-state index is 13.1. The second-order valence-electron chi connectivity index (χ2n) is 7.82. The molecule has 0 aliphatic carbocycles. The van der Waals surface area contributed by atoms with Gasteiger partial charge in [-0.2, -0.15) is 0 Å². The van der Waals surface area contributed by atoms with Crippen molar-refractivity contribution >= 4 is 11.7 Å². The lowest BCUT2D eigenvalue weighted by molar-refractivity contribution is 0.0707. The summed E-state index contributed by atoms with van der Waals surface area (Å²) in [5.41, 5.74) is 2.12. The maximum atomic E-state index is 13.1. The lowest BCUT2D eigenvalue weighted by Gasteiger charge is -2.32. The summed E-state index contributed by atoms with van der Waals surface area (Å²) >= 11 is 0. The van der Waals surface area contributed by atoms with Crippen LogP contribution in [0, 0.1) is 0 Å². The molecule has 166 valence electrons. The van der Waals surface area contributed by atoms with Crippen LogP contribution < -0.4 is 9.64 Å². The first-order valence-electron chi connectivity index (χ1n) is 10.8. The third-order valence-corrected chi connectivity index (χ3v) is 5.47. The summed E-state index contributed by atoms with van der Waals surface area (Å²) < 4.78 is 5.54. The number of rotatable bonds is 6. The number of amides is 1. The van der Waals surface area contributed by atoms with Crippen LogP contribution in [0.4, 0.5) is 5.82 Å². The number of piperidine rings is 1. The van der Waals surface area contributed by atoms with E-state index in [2.05, 4.69) is 19.9 Å². The summed E-state index contributed by atoms with van der Waals surface area (Å²) in [5.74, 6) is 1.97. The molecule has 1 amide bonds. The van der Waals surface area contributed by atoms with Gasteiger partial charge in [-0.3, -0.25) is 9.78 Å². The van der Waals surface area contributed by atoms with Crippen LogP contribution in [-0.4, -0.2) is 69.5 Å². The number of pyridine rings is 1. The molecular weight excluding hydrogens is 406 g/mol. The number of anilines is 1. The number of hydrogen-bond acceptors (Lipinski definition) is 8. The second-order valence-corrected chi connectivity index (χ2v) is 7.82. The Balaban J connectivity index is 1.52. The highest BCUT2D eigenvalue weighted by atomic mass is 16.5. The fraction of sp³-hybridized carbons (Fsp3) is 0.391. The van der Waals surface area contributed by atoms with Crippen LogP contribution >= 0.6 is 0 Å². The van der Waals surface area contributed by atoms with Crippen molar-refractivity contribution in [3.63, 3.8) is 0 Å². The van der Waals surface area contributed by atoms with E-state index in [-0.39, 0.29) is 11.8 Å².